The summed E-state index contributed by atoms with van der Waals surface area (Å²) in [5.41, 5.74) is 2.97. The van der Waals surface area contributed by atoms with Crippen LogP contribution in [0, 0.1) is 11.3 Å². The number of carbonyl (C=O) groups excluding carboxylic acids is 2. The summed E-state index contributed by atoms with van der Waals surface area (Å²) in [5, 5.41) is 13.5. The van der Waals surface area contributed by atoms with E-state index in [9.17, 15) is 9.59 Å². The quantitative estimate of drug-likeness (QED) is 0.529. The number of nitrogens with one attached hydrogen (secondary N) is 1. The van der Waals surface area contributed by atoms with Gasteiger partial charge in [-0.1, -0.05) is 30.3 Å². The van der Waals surface area contributed by atoms with E-state index in [-0.39, 0.29) is 11.8 Å². The number of carbonyl (C=O) groups is 2. The highest BCUT2D eigenvalue weighted by atomic mass is 16.2. The Morgan fingerprint density at radius 2 is 1.64 bits per heavy atom. The molecule has 2 aromatic carbocycles. The molecule has 0 unspecified atom stereocenters. The first-order valence-electron chi connectivity index (χ1n) is 9.18. The van der Waals surface area contributed by atoms with Gasteiger partial charge in [-0.15, -0.1) is 0 Å². The van der Waals surface area contributed by atoms with Crippen LogP contribution in [0.25, 0.3) is 10.9 Å². The van der Waals surface area contributed by atoms with Crippen molar-refractivity contribution in [1.29, 1.82) is 5.26 Å². The number of rotatable bonds is 6. The van der Waals surface area contributed by atoms with Gasteiger partial charge in [0.05, 0.1) is 16.6 Å². The number of nitrogens with zero attached hydrogens (tertiary/aromatic N) is 3. The normalized spacial score (nSPS) is 12.9. The summed E-state index contributed by atoms with van der Waals surface area (Å²) in [7, 11) is 0. The van der Waals surface area contributed by atoms with Crippen LogP contribution in [0.2, 0.25) is 0 Å². The molecule has 1 aliphatic heterocycles. The molecule has 138 valence electrons. The van der Waals surface area contributed by atoms with Gasteiger partial charge in [0, 0.05) is 24.2 Å². The van der Waals surface area contributed by atoms with Crippen LogP contribution in [0.15, 0.2) is 54.6 Å². The van der Waals surface area contributed by atoms with Gasteiger partial charge in [-0.05, 0) is 37.1 Å². The Balaban J connectivity index is 1.35. The van der Waals surface area contributed by atoms with Gasteiger partial charge in [-0.2, -0.15) is 5.26 Å². The zero-order chi connectivity index (χ0) is 19.5. The Morgan fingerprint density at radius 3 is 2.36 bits per heavy atom. The van der Waals surface area contributed by atoms with Crippen LogP contribution in [-0.4, -0.2) is 34.8 Å². The van der Waals surface area contributed by atoms with Gasteiger partial charge in [0.2, 0.25) is 0 Å². The summed E-state index contributed by atoms with van der Waals surface area (Å²) >= 11 is 0. The maximum atomic E-state index is 12.4. The highest BCUT2D eigenvalue weighted by molar-refractivity contribution is 6.21. The van der Waals surface area contributed by atoms with E-state index >= 15 is 0 Å². The van der Waals surface area contributed by atoms with Crippen molar-refractivity contribution in [3.05, 3.63) is 71.4 Å². The van der Waals surface area contributed by atoms with E-state index in [4.69, 9.17) is 5.26 Å². The van der Waals surface area contributed by atoms with Crippen molar-refractivity contribution < 1.29 is 9.59 Å². The third-order valence-electron chi connectivity index (χ3n) is 4.83. The predicted octanol–water partition coefficient (Wildman–Crippen LogP) is 3.59. The van der Waals surface area contributed by atoms with Crippen LogP contribution >= 0.6 is 0 Å². The number of unbranched alkanes of at least 4 members (excludes halogenated alkanes) is 1. The first-order valence-corrected chi connectivity index (χ1v) is 9.18. The lowest BCUT2D eigenvalue weighted by atomic mass is 10.1. The third kappa shape index (κ3) is 3.19. The minimum atomic E-state index is -0.215. The van der Waals surface area contributed by atoms with Gasteiger partial charge in [0.15, 0.2) is 0 Å². The SMILES string of the molecule is N#Cc1cc(NCCCCN2C(=O)c3ccccc3C2=O)c2ccccc2n1. The van der Waals surface area contributed by atoms with Crippen LogP contribution in [0.3, 0.4) is 0 Å². The topological polar surface area (TPSA) is 86.1 Å². The molecule has 2 amide bonds. The number of nitriles is 1. The van der Waals surface area contributed by atoms with Gasteiger partial charge < -0.3 is 5.32 Å². The maximum Gasteiger partial charge on any atom is 0.261 e. The largest absolute Gasteiger partial charge is 0.384 e. The number of fused-ring (bicyclic) bond motifs is 2. The summed E-state index contributed by atoms with van der Waals surface area (Å²) in [6, 6.07) is 18.4. The lowest BCUT2D eigenvalue weighted by Crippen LogP contribution is -2.30. The molecule has 1 aliphatic rings. The van der Waals surface area contributed by atoms with Crippen molar-refractivity contribution in [2.24, 2.45) is 0 Å². The molecular formula is C22H18N4O2. The van der Waals surface area contributed by atoms with Crippen LogP contribution in [0.4, 0.5) is 5.69 Å². The highest BCUT2D eigenvalue weighted by Crippen LogP contribution is 2.24. The van der Waals surface area contributed by atoms with Crippen LogP contribution in [0.1, 0.15) is 39.3 Å². The molecule has 6 heteroatoms. The Morgan fingerprint density at radius 1 is 0.964 bits per heavy atom. The number of pyridine rings is 1. The number of anilines is 1. The molecule has 0 bridgehead atoms. The highest BCUT2D eigenvalue weighted by Gasteiger charge is 2.34. The number of hydrogen-bond donors (Lipinski definition) is 1. The summed E-state index contributed by atoms with van der Waals surface area (Å²) < 4.78 is 0. The van der Waals surface area contributed by atoms with E-state index in [2.05, 4.69) is 16.4 Å². The molecule has 0 spiro atoms. The van der Waals surface area contributed by atoms with E-state index in [1.807, 2.05) is 24.3 Å². The molecule has 6 nitrogen and oxygen atoms in total. The first kappa shape index (κ1) is 17.7. The van der Waals surface area contributed by atoms with E-state index in [0.29, 0.717) is 36.3 Å². The minimum absolute atomic E-state index is 0.215. The third-order valence-corrected chi connectivity index (χ3v) is 4.83. The van der Waals surface area contributed by atoms with Crippen molar-refractivity contribution in [3.63, 3.8) is 0 Å². The smallest absolute Gasteiger partial charge is 0.261 e. The van der Waals surface area contributed by atoms with E-state index in [1.165, 1.54) is 4.90 Å². The second-order valence-corrected chi connectivity index (χ2v) is 6.63. The van der Waals surface area contributed by atoms with Crippen LogP contribution < -0.4 is 5.32 Å². The van der Waals surface area contributed by atoms with Gasteiger partial charge in [0.25, 0.3) is 11.8 Å². The molecular weight excluding hydrogens is 352 g/mol. The van der Waals surface area contributed by atoms with Crippen molar-refractivity contribution >= 4 is 28.4 Å². The zero-order valence-electron chi connectivity index (χ0n) is 15.2. The Kier molecular flexibility index (Phi) is 4.73. The fourth-order valence-electron chi connectivity index (χ4n) is 3.44. The number of para-hydroxylation sites is 1. The minimum Gasteiger partial charge on any atom is -0.384 e. The standard InChI is InChI=1S/C22H18N4O2/c23-14-15-13-20(18-9-3-4-10-19(18)25-15)24-11-5-6-12-26-21(27)16-7-1-2-8-17(16)22(26)28/h1-4,7-10,13H,5-6,11-12H2,(H,24,25). The summed E-state index contributed by atoms with van der Waals surface area (Å²) in [6.07, 6.45) is 1.48. The molecule has 0 saturated heterocycles. The average molecular weight is 370 g/mol. The first-order chi connectivity index (χ1) is 13.7. The molecule has 0 radical (unpaired) electrons. The molecule has 0 atom stereocenters. The van der Waals surface area contributed by atoms with Gasteiger partial charge >= 0.3 is 0 Å². The molecule has 2 heterocycles. The number of hydrogen-bond acceptors (Lipinski definition) is 5. The summed E-state index contributed by atoms with van der Waals surface area (Å²) in [6.45, 7) is 1.07. The van der Waals surface area contributed by atoms with Crippen molar-refractivity contribution in [2.45, 2.75) is 12.8 Å². The van der Waals surface area contributed by atoms with E-state index < -0.39 is 0 Å². The molecule has 3 aromatic rings. The molecule has 1 N–H and O–H groups in total. The van der Waals surface area contributed by atoms with E-state index in [0.717, 1.165) is 23.0 Å². The second kappa shape index (κ2) is 7.49. The number of amides is 2. The zero-order valence-corrected chi connectivity index (χ0v) is 15.2. The molecule has 0 fully saturated rings. The Labute approximate surface area is 162 Å². The Bertz CT molecular complexity index is 1080. The van der Waals surface area contributed by atoms with Crippen LogP contribution in [-0.2, 0) is 0 Å². The molecule has 0 saturated carbocycles. The fraction of sp³-hybridized carbons (Fsp3) is 0.182. The van der Waals surface area contributed by atoms with E-state index in [1.54, 1.807) is 30.3 Å². The lowest BCUT2D eigenvalue weighted by Gasteiger charge is -2.14. The number of imide groups is 1. The van der Waals surface area contributed by atoms with Crippen LogP contribution in [0.5, 0.6) is 0 Å². The fourth-order valence-corrected chi connectivity index (χ4v) is 3.44. The number of benzene rings is 2. The van der Waals surface area contributed by atoms with Crippen molar-refractivity contribution in [1.82, 2.24) is 9.88 Å². The predicted molar refractivity (Wildman–Crippen MR) is 106 cm³/mol. The lowest BCUT2D eigenvalue weighted by molar-refractivity contribution is 0.0652. The Hall–Kier alpha value is -3.72. The number of aromatic nitrogens is 1. The maximum absolute atomic E-state index is 12.4. The second-order valence-electron chi connectivity index (χ2n) is 6.63. The summed E-state index contributed by atoms with van der Waals surface area (Å²) in [5.74, 6) is -0.431. The van der Waals surface area contributed by atoms with Crippen molar-refractivity contribution in [2.75, 3.05) is 18.4 Å². The van der Waals surface area contributed by atoms with Gasteiger partial charge in [-0.3, -0.25) is 14.5 Å². The van der Waals surface area contributed by atoms with Crippen molar-refractivity contribution in [3.8, 4) is 6.07 Å². The van der Waals surface area contributed by atoms with Gasteiger partial charge in [-0.25, -0.2) is 4.98 Å². The van der Waals surface area contributed by atoms with Gasteiger partial charge in [0.1, 0.15) is 11.8 Å². The monoisotopic (exact) mass is 370 g/mol. The molecule has 4 rings (SSSR count). The molecule has 28 heavy (non-hydrogen) atoms. The average Bonchev–Trinajstić information content (AvgIpc) is 2.98. The molecule has 1 aromatic heterocycles. The summed E-state index contributed by atoms with van der Waals surface area (Å²) in [4.78, 5) is 30.3. The molecule has 0 aliphatic carbocycles.